The van der Waals surface area contributed by atoms with Crippen LogP contribution in [0.2, 0.25) is 0 Å². The quantitative estimate of drug-likeness (QED) is 0.900. The fourth-order valence-corrected chi connectivity index (χ4v) is 1.70. The predicted molar refractivity (Wildman–Crippen MR) is 65.6 cm³/mol. The highest BCUT2D eigenvalue weighted by molar-refractivity contribution is 5.90. The van der Waals surface area contributed by atoms with Crippen LogP contribution in [0, 0.1) is 5.82 Å². The standard InChI is InChI=1S/C13H13FN2O3/c1-2-16-8-15-6-10(16)7-19-12-5-9(14)3-4-11(12)13(17)18/h3-6,8H,2,7H2,1H3,(H,17,18). The molecule has 6 heteroatoms. The number of benzene rings is 1. The summed E-state index contributed by atoms with van der Waals surface area (Å²) in [7, 11) is 0. The van der Waals surface area contributed by atoms with E-state index >= 15 is 0 Å². The summed E-state index contributed by atoms with van der Waals surface area (Å²) >= 11 is 0. The third-order valence-electron chi connectivity index (χ3n) is 2.69. The van der Waals surface area contributed by atoms with Gasteiger partial charge in [0.15, 0.2) is 0 Å². The maximum Gasteiger partial charge on any atom is 0.339 e. The second-order valence-corrected chi connectivity index (χ2v) is 3.91. The van der Waals surface area contributed by atoms with Gasteiger partial charge in [0.2, 0.25) is 0 Å². The van der Waals surface area contributed by atoms with E-state index in [1.807, 2.05) is 11.5 Å². The Hall–Kier alpha value is -2.37. The van der Waals surface area contributed by atoms with E-state index in [9.17, 15) is 9.18 Å². The van der Waals surface area contributed by atoms with Crippen molar-refractivity contribution in [2.75, 3.05) is 0 Å². The Morgan fingerprint density at radius 1 is 1.53 bits per heavy atom. The minimum absolute atomic E-state index is 0.0105. The van der Waals surface area contributed by atoms with E-state index in [-0.39, 0.29) is 17.9 Å². The van der Waals surface area contributed by atoms with Crippen molar-refractivity contribution in [3.8, 4) is 5.75 Å². The van der Waals surface area contributed by atoms with E-state index in [1.165, 1.54) is 6.07 Å². The summed E-state index contributed by atoms with van der Waals surface area (Å²) in [4.78, 5) is 15.0. The van der Waals surface area contributed by atoms with Crippen LogP contribution in [0.4, 0.5) is 4.39 Å². The van der Waals surface area contributed by atoms with Crippen LogP contribution in [0.25, 0.3) is 0 Å². The molecule has 0 bridgehead atoms. The molecule has 19 heavy (non-hydrogen) atoms. The van der Waals surface area contributed by atoms with Crippen molar-refractivity contribution < 1.29 is 19.0 Å². The minimum Gasteiger partial charge on any atom is -0.486 e. The molecule has 2 rings (SSSR count). The van der Waals surface area contributed by atoms with Crippen molar-refractivity contribution in [2.24, 2.45) is 0 Å². The zero-order valence-corrected chi connectivity index (χ0v) is 10.3. The molecule has 0 radical (unpaired) electrons. The number of imidazole rings is 1. The molecule has 1 aromatic heterocycles. The number of rotatable bonds is 5. The third kappa shape index (κ3) is 2.90. The summed E-state index contributed by atoms with van der Waals surface area (Å²) in [6.45, 7) is 2.82. The largest absolute Gasteiger partial charge is 0.486 e. The summed E-state index contributed by atoms with van der Waals surface area (Å²) in [5.74, 6) is -1.68. The van der Waals surface area contributed by atoms with Crippen molar-refractivity contribution in [1.82, 2.24) is 9.55 Å². The van der Waals surface area contributed by atoms with E-state index < -0.39 is 11.8 Å². The van der Waals surface area contributed by atoms with Crippen LogP contribution in [-0.2, 0) is 13.2 Å². The summed E-state index contributed by atoms with van der Waals surface area (Å²) in [6.07, 6.45) is 3.28. The molecule has 0 aliphatic rings. The Morgan fingerprint density at radius 3 is 3.00 bits per heavy atom. The predicted octanol–water partition coefficient (Wildman–Crippen LogP) is 2.32. The van der Waals surface area contributed by atoms with Gasteiger partial charge in [-0.3, -0.25) is 0 Å². The fourth-order valence-electron chi connectivity index (χ4n) is 1.70. The van der Waals surface area contributed by atoms with Crippen LogP contribution in [0.15, 0.2) is 30.7 Å². The lowest BCUT2D eigenvalue weighted by molar-refractivity contribution is 0.0691. The highest BCUT2D eigenvalue weighted by Crippen LogP contribution is 2.21. The summed E-state index contributed by atoms with van der Waals surface area (Å²) in [6, 6.07) is 3.34. The molecule has 0 aliphatic heterocycles. The molecular formula is C13H13FN2O3. The Balaban J connectivity index is 2.19. The van der Waals surface area contributed by atoms with Gasteiger partial charge in [-0.1, -0.05) is 0 Å². The highest BCUT2D eigenvalue weighted by atomic mass is 19.1. The van der Waals surface area contributed by atoms with Crippen LogP contribution >= 0.6 is 0 Å². The van der Waals surface area contributed by atoms with Crippen molar-refractivity contribution in [3.63, 3.8) is 0 Å². The Morgan fingerprint density at radius 2 is 2.32 bits per heavy atom. The zero-order chi connectivity index (χ0) is 13.8. The van der Waals surface area contributed by atoms with Gasteiger partial charge >= 0.3 is 5.97 Å². The number of ether oxygens (including phenoxy) is 1. The Bertz CT molecular complexity index is 595. The Labute approximate surface area is 109 Å². The minimum atomic E-state index is -1.15. The van der Waals surface area contributed by atoms with Crippen molar-refractivity contribution in [2.45, 2.75) is 20.1 Å². The average molecular weight is 264 g/mol. The van der Waals surface area contributed by atoms with Gasteiger partial charge in [-0.05, 0) is 19.1 Å². The number of halogens is 1. The number of hydrogen-bond donors (Lipinski definition) is 1. The van der Waals surface area contributed by atoms with Gasteiger partial charge in [-0.2, -0.15) is 0 Å². The van der Waals surface area contributed by atoms with Gasteiger partial charge in [0.25, 0.3) is 0 Å². The van der Waals surface area contributed by atoms with Gasteiger partial charge in [0.05, 0.1) is 18.2 Å². The number of nitrogens with zero attached hydrogens (tertiary/aromatic N) is 2. The molecule has 1 aromatic carbocycles. The smallest absolute Gasteiger partial charge is 0.339 e. The molecule has 1 heterocycles. The summed E-state index contributed by atoms with van der Waals surface area (Å²) < 4.78 is 20.4. The third-order valence-corrected chi connectivity index (χ3v) is 2.69. The number of carbonyl (C=O) groups is 1. The number of aryl methyl sites for hydroxylation is 1. The molecule has 2 aromatic rings. The summed E-state index contributed by atoms with van der Waals surface area (Å²) in [5.41, 5.74) is 0.729. The maximum absolute atomic E-state index is 13.1. The number of aromatic nitrogens is 2. The number of carboxylic acid groups (broad SMARTS) is 1. The maximum atomic E-state index is 13.1. The first-order chi connectivity index (χ1) is 9.11. The van der Waals surface area contributed by atoms with Crippen LogP contribution in [0.5, 0.6) is 5.75 Å². The molecule has 0 fully saturated rings. The number of carboxylic acids is 1. The van der Waals surface area contributed by atoms with Crippen molar-refractivity contribution in [3.05, 3.63) is 47.8 Å². The molecule has 5 nitrogen and oxygen atoms in total. The molecular weight excluding hydrogens is 251 g/mol. The second-order valence-electron chi connectivity index (χ2n) is 3.91. The first kappa shape index (κ1) is 13.1. The SMILES string of the molecule is CCn1cncc1COc1cc(F)ccc1C(=O)O. The van der Waals surface area contributed by atoms with Crippen molar-refractivity contribution >= 4 is 5.97 Å². The molecule has 0 saturated carbocycles. The van der Waals surface area contributed by atoms with Gasteiger partial charge in [0, 0.05) is 12.6 Å². The van der Waals surface area contributed by atoms with E-state index in [4.69, 9.17) is 9.84 Å². The monoisotopic (exact) mass is 264 g/mol. The zero-order valence-electron chi connectivity index (χ0n) is 10.3. The normalized spacial score (nSPS) is 10.4. The van der Waals surface area contributed by atoms with Crippen LogP contribution < -0.4 is 4.74 Å². The molecule has 0 unspecified atom stereocenters. The van der Waals surface area contributed by atoms with Crippen molar-refractivity contribution in [1.29, 1.82) is 0 Å². The van der Waals surface area contributed by atoms with E-state index in [0.29, 0.717) is 0 Å². The van der Waals surface area contributed by atoms with E-state index in [2.05, 4.69) is 4.98 Å². The molecule has 1 N–H and O–H groups in total. The van der Waals surface area contributed by atoms with Gasteiger partial charge in [0.1, 0.15) is 23.7 Å². The molecule has 0 spiro atoms. The fraction of sp³-hybridized carbons (Fsp3) is 0.231. The molecule has 0 atom stereocenters. The van der Waals surface area contributed by atoms with Crippen LogP contribution in [0.1, 0.15) is 23.0 Å². The van der Waals surface area contributed by atoms with Gasteiger partial charge in [-0.15, -0.1) is 0 Å². The lowest BCUT2D eigenvalue weighted by Crippen LogP contribution is -2.07. The number of hydrogen-bond acceptors (Lipinski definition) is 3. The number of aromatic carboxylic acids is 1. The van der Waals surface area contributed by atoms with Gasteiger partial charge in [-0.25, -0.2) is 14.2 Å². The van der Waals surface area contributed by atoms with Crippen LogP contribution in [-0.4, -0.2) is 20.6 Å². The van der Waals surface area contributed by atoms with Gasteiger partial charge < -0.3 is 14.4 Å². The first-order valence-electron chi connectivity index (χ1n) is 5.76. The Kier molecular flexibility index (Phi) is 3.79. The highest BCUT2D eigenvalue weighted by Gasteiger charge is 2.13. The lowest BCUT2D eigenvalue weighted by Gasteiger charge is -2.10. The lowest BCUT2D eigenvalue weighted by atomic mass is 10.2. The molecule has 100 valence electrons. The van der Waals surface area contributed by atoms with Crippen LogP contribution in [0.3, 0.4) is 0 Å². The molecule has 0 saturated heterocycles. The molecule has 0 aliphatic carbocycles. The van der Waals surface area contributed by atoms with E-state index in [1.54, 1.807) is 12.5 Å². The summed E-state index contributed by atoms with van der Waals surface area (Å²) in [5, 5.41) is 8.99. The molecule has 0 amide bonds. The van der Waals surface area contributed by atoms with E-state index in [0.717, 1.165) is 24.4 Å². The second kappa shape index (κ2) is 5.51. The average Bonchev–Trinajstić information content (AvgIpc) is 2.83. The first-order valence-corrected chi connectivity index (χ1v) is 5.76. The topological polar surface area (TPSA) is 64.4 Å².